The van der Waals surface area contributed by atoms with Gasteiger partial charge in [0, 0.05) is 13.2 Å². The Labute approximate surface area is 188 Å². The topological polar surface area (TPSA) is 94.1 Å². The summed E-state index contributed by atoms with van der Waals surface area (Å²) in [7, 11) is -4.66. The average Bonchev–Trinajstić information content (AvgIpc) is 2.58. The van der Waals surface area contributed by atoms with Crippen molar-refractivity contribution in [2.75, 3.05) is 33.0 Å². The third-order valence-electron chi connectivity index (χ3n) is 3.86. The molecule has 0 aromatic rings. The zero-order valence-corrected chi connectivity index (χ0v) is 20.3. The summed E-state index contributed by atoms with van der Waals surface area (Å²) in [5, 5.41) is 0. The first kappa shape index (κ1) is 29.9. The number of ether oxygens (including phenoxy) is 3. The van der Waals surface area contributed by atoms with E-state index in [4.69, 9.17) is 14.2 Å². The fourth-order valence-corrected chi connectivity index (χ4v) is 2.78. The monoisotopic (exact) mass is 420 g/mol. The van der Waals surface area contributed by atoms with Crippen LogP contribution in [0.1, 0.15) is 78.1 Å². The smallest absolute Gasteiger partial charge is 0.726 e. The van der Waals surface area contributed by atoms with Crippen molar-refractivity contribution in [3.63, 3.8) is 0 Å². The molecule has 0 amide bonds. The Kier molecular flexibility index (Phi) is 23.8. The van der Waals surface area contributed by atoms with E-state index in [1.165, 1.54) is 51.4 Å². The molecule has 0 radical (unpaired) electrons. The molecule has 1 atom stereocenters. The van der Waals surface area contributed by atoms with Crippen molar-refractivity contribution in [3.05, 3.63) is 0 Å². The van der Waals surface area contributed by atoms with E-state index < -0.39 is 16.7 Å². The van der Waals surface area contributed by atoms with Gasteiger partial charge < -0.3 is 18.8 Å². The predicted octanol–water partition coefficient (Wildman–Crippen LogP) is 0.784. The van der Waals surface area contributed by atoms with Gasteiger partial charge in [-0.05, 0) is 13.3 Å². The zero-order valence-electron chi connectivity index (χ0n) is 17.4. The molecule has 0 saturated carbocycles. The van der Waals surface area contributed by atoms with Gasteiger partial charge in [-0.25, -0.2) is 8.42 Å². The molecule has 0 fully saturated rings. The van der Waals surface area contributed by atoms with E-state index in [1.807, 2.05) is 6.92 Å². The molecule has 0 aromatic carbocycles. The van der Waals surface area contributed by atoms with Crippen molar-refractivity contribution in [2.45, 2.75) is 84.3 Å². The first-order valence-corrected chi connectivity index (χ1v) is 11.2. The van der Waals surface area contributed by atoms with Crippen molar-refractivity contribution >= 4 is 10.4 Å². The Morgan fingerprint density at radius 2 is 1.33 bits per heavy atom. The molecule has 0 heterocycles. The molecule has 9 heteroatoms. The molecule has 0 aliphatic heterocycles. The number of hydrogen-bond donors (Lipinski definition) is 0. The zero-order chi connectivity index (χ0) is 19.5. The molecule has 1 unspecified atom stereocenters. The van der Waals surface area contributed by atoms with Gasteiger partial charge >= 0.3 is 29.6 Å². The second-order valence-electron chi connectivity index (χ2n) is 6.24. The van der Waals surface area contributed by atoms with Crippen LogP contribution in [-0.2, 0) is 28.8 Å². The van der Waals surface area contributed by atoms with E-state index in [0.717, 1.165) is 12.8 Å². The number of rotatable bonds is 20. The van der Waals surface area contributed by atoms with E-state index in [1.54, 1.807) is 0 Å². The van der Waals surface area contributed by atoms with E-state index in [0.29, 0.717) is 13.2 Å². The summed E-state index contributed by atoms with van der Waals surface area (Å²) < 4.78 is 51.1. The average molecular weight is 421 g/mol. The summed E-state index contributed by atoms with van der Waals surface area (Å²) in [6.45, 7) is 5.07. The van der Waals surface area contributed by atoms with Crippen LogP contribution in [0.25, 0.3) is 0 Å². The first-order valence-electron chi connectivity index (χ1n) is 9.90. The molecule has 0 aromatic heterocycles. The normalized spacial score (nSPS) is 12.7. The van der Waals surface area contributed by atoms with Crippen LogP contribution in [-0.4, -0.2) is 52.3 Å². The number of unbranched alkanes of at least 4 members (excludes halogenated alkanes) is 9. The molecule has 0 N–H and O–H groups in total. The number of hydrogen-bond acceptors (Lipinski definition) is 7. The summed E-state index contributed by atoms with van der Waals surface area (Å²) in [5.74, 6) is 0. The van der Waals surface area contributed by atoms with Gasteiger partial charge in [-0.2, -0.15) is 0 Å². The van der Waals surface area contributed by atoms with Crippen LogP contribution in [0.5, 0.6) is 0 Å². The second-order valence-corrected chi connectivity index (χ2v) is 7.30. The third-order valence-corrected chi connectivity index (χ3v) is 4.32. The quantitative estimate of drug-likeness (QED) is 0.0945. The van der Waals surface area contributed by atoms with Crippen molar-refractivity contribution < 1.29 is 60.9 Å². The van der Waals surface area contributed by atoms with Gasteiger partial charge in [-0.3, -0.25) is 4.18 Å². The van der Waals surface area contributed by atoms with Crippen molar-refractivity contribution in [1.82, 2.24) is 0 Å². The molecular formula is C18H37NaO7S. The Morgan fingerprint density at radius 1 is 0.778 bits per heavy atom. The minimum atomic E-state index is -4.66. The molecule has 0 spiro atoms. The summed E-state index contributed by atoms with van der Waals surface area (Å²) in [4.78, 5) is 0. The minimum absolute atomic E-state index is 0. The van der Waals surface area contributed by atoms with Crippen LogP contribution in [0.3, 0.4) is 0 Å². The fraction of sp³-hybridized carbons (Fsp3) is 1.00. The van der Waals surface area contributed by atoms with E-state index >= 15 is 0 Å². The summed E-state index contributed by atoms with van der Waals surface area (Å²) in [5.41, 5.74) is 0. The van der Waals surface area contributed by atoms with Crippen molar-refractivity contribution in [3.8, 4) is 0 Å². The molecule has 158 valence electrons. The predicted molar refractivity (Wildman–Crippen MR) is 99.7 cm³/mol. The molecule has 0 rings (SSSR count). The Morgan fingerprint density at radius 3 is 1.85 bits per heavy atom. The Hall–Kier alpha value is 0.750. The van der Waals surface area contributed by atoms with Gasteiger partial charge in [0.15, 0.2) is 6.29 Å². The molecular weight excluding hydrogens is 383 g/mol. The maximum Gasteiger partial charge on any atom is 1.00 e. The van der Waals surface area contributed by atoms with E-state index in [-0.39, 0.29) is 49.4 Å². The third kappa shape index (κ3) is 24.7. The second kappa shape index (κ2) is 21.5. The molecule has 0 aliphatic carbocycles. The summed E-state index contributed by atoms with van der Waals surface area (Å²) >= 11 is 0. The molecule has 0 aliphatic rings. The van der Waals surface area contributed by atoms with E-state index in [9.17, 15) is 13.0 Å². The molecule has 0 saturated heterocycles. The first-order chi connectivity index (χ1) is 12.5. The van der Waals surface area contributed by atoms with Gasteiger partial charge in [0.05, 0.1) is 19.8 Å². The molecule has 0 bridgehead atoms. The van der Waals surface area contributed by atoms with Crippen molar-refractivity contribution in [1.29, 1.82) is 0 Å². The fourth-order valence-electron chi connectivity index (χ4n) is 2.51. The van der Waals surface area contributed by atoms with Crippen LogP contribution < -0.4 is 29.6 Å². The van der Waals surface area contributed by atoms with Gasteiger partial charge in [0.25, 0.3) is 0 Å². The van der Waals surface area contributed by atoms with Crippen LogP contribution in [0.15, 0.2) is 0 Å². The van der Waals surface area contributed by atoms with Gasteiger partial charge in [-0.1, -0.05) is 64.7 Å². The van der Waals surface area contributed by atoms with Gasteiger partial charge in [-0.15, -0.1) is 0 Å². The van der Waals surface area contributed by atoms with Crippen LogP contribution in [0, 0.1) is 0 Å². The largest absolute Gasteiger partial charge is 1.00 e. The van der Waals surface area contributed by atoms with Crippen LogP contribution in [0.4, 0.5) is 0 Å². The Bertz CT molecular complexity index is 393. The van der Waals surface area contributed by atoms with Crippen LogP contribution in [0.2, 0.25) is 0 Å². The summed E-state index contributed by atoms with van der Waals surface area (Å²) in [6.07, 6.45) is 12.2. The molecule has 27 heavy (non-hydrogen) atoms. The maximum atomic E-state index is 10.3. The van der Waals surface area contributed by atoms with Crippen LogP contribution >= 0.6 is 0 Å². The SMILES string of the molecule is CCCCCCCCCCCCOC(COCCOS(=O)(=O)[O-])OCC.[Na+]. The van der Waals surface area contributed by atoms with Gasteiger partial charge in [0.2, 0.25) is 10.4 Å². The Balaban J connectivity index is 0. The summed E-state index contributed by atoms with van der Waals surface area (Å²) in [6, 6.07) is 0. The standard InChI is InChI=1S/C18H38O7S.Na/c1-3-5-6-7-8-9-10-11-12-13-14-24-18(23-4-2)17-22-15-16-25-26(19,20)21;/h18H,3-17H2,1-2H3,(H,19,20,21);/q;+1/p-1. The van der Waals surface area contributed by atoms with Gasteiger partial charge in [0.1, 0.15) is 0 Å². The minimum Gasteiger partial charge on any atom is -0.726 e. The van der Waals surface area contributed by atoms with Crippen molar-refractivity contribution in [2.24, 2.45) is 0 Å². The maximum absolute atomic E-state index is 10.3. The molecule has 7 nitrogen and oxygen atoms in total. The van der Waals surface area contributed by atoms with E-state index in [2.05, 4.69) is 11.1 Å².